The number of rotatable bonds is 9. The van der Waals surface area contributed by atoms with Crippen LogP contribution in [0.1, 0.15) is 17.5 Å². The fourth-order valence-corrected chi connectivity index (χ4v) is 3.45. The number of aliphatic carboxylic acids is 1. The number of halogens is 3. The van der Waals surface area contributed by atoms with E-state index in [1.54, 1.807) is 0 Å². The van der Waals surface area contributed by atoms with E-state index in [1.807, 2.05) is 55.5 Å². The predicted molar refractivity (Wildman–Crippen MR) is 109 cm³/mol. The van der Waals surface area contributed by atoms with Gasteiger partial charge in [0, 0.05) is 12.2 Å². The summed E-state index contributed by atoms with van der Waals surface area (Å²) in [5.41, 5.74) is -0.327. The molecule has 0 aliphatic heterocycles. The van der Waals surface area contributed by atoms with Gasteiger partial charge in [0.15, 0.2) is 0 Å². The smallest absolute Gasteiger partial charge is 0.441 e. The summed E-state index contributed by atoms with van der Waals surface area (Å²) in [6.45, 7) is 2.00. The van der Waals surface area contributed by atoms with Crippen LogP contribution in [-0.2, 0) is 16.0 Å². The molecule has 0 bridgehead atoms. The zero-order chi connectivity index (χ0) is 22.1. The third-order valence-electron chi connectivity index (χ3n) is 4.32. The molecule has 0 spiro atoms. The van der Waals surface area contributed by atoms with Gasteiger partial charge >= 0.3 is 17.6 Å². The van der Waals surface area contributed by atoms with Gasteiger partial charge in [0.2, 0.25) is 0 Å². The lowest BCUT2D eigenvalue weighted by molar-refractivity contribution is -0.139. The molecule has 0 radical (unpaired) electrons. The molecule has 0 saturated carbocycles. The van der Waals surface area contributed by atoms with Crippen LogP contribution in [0.15, 0.2) is 48.5 Å². The van der Waals surface area contributed by atoms with Gasteiger partial charge in [-0.15, -0.1) is 0 Å². The van der Waals surface area contributed by atoms with Crippen LogP contribution in [0.25, 0.3) is 11.1 Å². The summed E-state index contributed by atoms with van der Waals surface area (Å²) < 4.78 is 41.6. The van der Waals surface area contributed by atoms with Crippen molar-refractivity contribution in [2.45, 2.75) is 31.3 Å². The monoisotopic (exact) mass is 441 g/mol. The van der Waals surface area contributed by atoms with E-state index in [0.717, 1.165) is 22.3 Å². The lowest BCUT2D eigenvalue weighted by Gasteiger charge is -2.15. The molecule has 1 unspecified atom stereocenters. The van der Waals surface area contributed by atoms with E-state index in [0.29, 0.717) is 6.42 Å². The lowest BCUT2D eigenvalue weighted by Crippen LogP contribution is -2.41. The van der Waals surface area contributed by atoms with Crippen LogP contribution in [0.3, 0.4) is 0 Å². The minimum atomic E-state index is -4.45. The van der Waals surface area contributed by atoms with Crippen molar-refractivity contribution in [2.75, 3.05) is 12.4 Å². The maximum Gasteiger partial charge on any atom is 0.441 e. The van der Waals surface area contributed by atoms with Crippen molar-refractivity contribution in [3.8, 4) is 11.1 Å². The standard InChI is InChI=1S/C21H22F3NO4S/c1-14-6-2-4-8-16(14)17-9-5-3-7-15(17)10-12-29-20(28)25-18(19(26)27)11-13-30-21(22,23)24/h2-9,18H,10-13H2,1H3,(H,25,28)(H,26,27). The molecule has 5 nitrogen and oxygen atoms in total. The Kier molecular flexibility index (Phi) is 8.58. The SMILES string of the molecule is Cc1ccccc1-c1ccccc1CCOC(=O)NC(CCSC(F)(F)F)C(=O)O. The molecule has 0 aromatic heterocycles. The Hall–Kier alpha value is -2.68. The highest BCUT2D eigenvalue weighted by molar-refractivity contribution is 8.00. The Bertz CT molecular complexity index is 873. The van der Waals surface area contributed by atoms with Crippen LogP contribution in [-0.4, -0.2) is 41.1 Å². The summed E-state index contributed by atoms with van der Waals surface area (Å²) in [4.78, 5) is 23.0. The number of alkyl halides is 3. The molecule has 162 valence electrons. The Morgan fingerprint density at radius 1 is 1.10 bits per heavy atom. The van der Waals surface area contributed by atoms with Gasteiger partial charge in [-0.05, 0) is 35.6 Å². The number of carbonyl (C=O) groups excluding carboxylic acids is 1. The van der Waals surface area contributed by atoms with Crippen LogP contribution < -0.4 is 5.32 Å². The van der Waals surface area contributed by atoms with Crippen LogP contribution in [0.2, 0.25) is 0 Å². The zero-order valence-electron chi connectivity index (χ0n) is 16.2. The number of benzene rings is 2. The van der Waals surface area contributed by atoms with Gasteiger partial charge in [-0.2, -0.15) is 13.2 Å². The van der Waals surface area contributed by atoms with Gasteiger partial charge in [-0.25, -0.2) is 9.59 Å². The van der Waals surface area contributed by atoms with Crippen molar-refractivity contribution in [1.29, 1.82) is 0 Å². The van der Waals surface area contributed by atoms with Gasteiger partial charge in [0.1, 0.15) is 6.04 Å². The van der Waals surface area contributed by atoms with E-state index in [4.69, 9.17) is 9.84 Å². The second kappa shape index (κ2) is 10.9. The first-order chi connectivity index (χ1) is 14.2. The molecular weight excluding hydrogens is 419 g/mol. The minimum absolute atomic E-state index is 0.00162. The van der Waals surface area contributed by atoms with Crippen molar-refractivity contribution >= 4 is 23.8 Å². The first-order valence-electron chi connectivity index (χ1n) is 9.18. The third-order valence-corrected chi connectivity index (χ3v) is 5.09. The number of carbonyl (C=O) groups is 2. The van der Waals surface area contributed by atoms with Crippen LogP contribution in [0.4, 0.5) is 18.0 Å². The number of hydrogen-bond acceptors (Lipinski definition) is 4. The van der Waals surface area contributed by atoms with Crippen LogP contribution in [0.5, 0.6) is 0 Å². The molecule has 0 heterocycles. The molecule has 0 aliphatic rings. The summed E-state index contributed by atoms with van der Waals surface area (Å²) in [6, 6.07) is 14.1. The van der Waals surface area contributed by atoms with E-state index in [2.05, 4.69) is 5.32 Å². The highest BCUT2D eigenvalue weighted by atomic mass is 32.2. The Morgan fingerprint density at radius 3 is 2.37 bits per heavy atom. The molecule has 0 fully saturated rings. The molecule has 0 saturated heterocycles. The largest absolute Gasteiger partial charge is 0.480 e. The zero-order valence-corrected chi connectivity index (χ0v) is 17.1. The van der Waals surface area contributed by atoms with Crippen molar-refractivity contribution in [3.05, 3.63) is 59.7 Å². The molecule has 2 aromatic carbocycles. The van der Waals surface area contributed by atoms with Gasteiger partial charge in [-0.3, -0.25) is 0 Å². The molecule has 2 aromatic rings. The molecule has 1 amide bonds. The number of amides is 1. The Labute approximate surface area is 176 Å². The molecule has 2 rings (SSSR count). The average Bonchev–Trinajstić information content (AvgIpc) is 2.67. The fraction of sp³-hybridized carbons (Fsp3) is 0.333. The Balaban J connectivity index is 1.90. The number of thioether (sulfide) groups is 1. The summed E-state index contributed by atoms with van der Waals surface area (Å²) in [7, 11) is 0. The quantitative estimate of drug-likeness (QED) is 0.571. The van der Waals surface area contributed by atoms with Crippen molar-refractivity contribution in [3.63, 3.8) is 0 Å². The number of carboxylic acid groups (broad SMARTS) is 1. The van der Waals surface area contributed by atoms with Crippen molar-refractivity contribution in [1.82, 2.24) is 5.32 Å². The maximum atomic E-state index is 12.2. The number of hydrogen-bond donors (Lipinski definition) is 2. The number of alkyl carbamates (subject to hydrolysis) is 1. The van der Waals surface area contributed by atoms with E-state index in [-0.39, 0.29) is 24.8 Å². The fourth-order valence-electron chi connectivity index (χ4n) is 2.86. The molecule has 9 heteroatoms. The highest BCUT2D eigenvalue weighted by Gasteiger charge is 2.29. The van der Waals surface area contributed by atoms with Gasteiger partial charge < -0.3 is 15.2 Å². The topological polar surface area (TPSA) is 75.6 Å². The summed E-state index contributed by atoms with van der Waals surface area (Å²) in [5, 5.41) is 11.2. The average molecular weight is 441 g/mol. The first kappa shape index (κ1) is 23.6. The summed E-state index contributed by atoms with van der Waals surface area (Å²) >= 11 is -0.333. The van der Waals surface area contributed by atoms with Crippen LogP contribution >= 0.6 is 11.8 Å². The lowest BCUT2D eigenvalue weighted by atomic mass is 9.95. The third kappa shape index (κ3) is 7.62. The molecule has 30 heavy (non-hydrogen) atoms. The minimum Gasteiger partial charge on any atom is -0.480 e. The van der Waals surface area contributed by atoms with Gasteiger partial charge in [0.25, 0.3) is 0 Å². The van der Waals surface area contributed by atoms with E-state index < -0.39 is 29.4 Å². The maximum absolute atomic E-state index is 12.2. The molecular formula is C21H22F3NO4S. The van der Waals surface area contributed by atoms with Crippen LogP contribution in [0, 0.1) is 6.92 Å². The number of aryl methyl sites for hydroxylation is 1. The highest BCUT2D eigenvalue weighted by Crippen LogP contribution is 2.30. The Morgan fingerprint density at radius 2 is 1.73 bits per heavy atom. The van der Waals surface area contributed by atoms with E-state index >= 15 is 0 Å². The molecule has 0 aliphatic carbocycles. The van der Waals surface area contributed by atoms with Crippen molar-refractivity contribution in [2.24, 2.45) is 0 Å². The van der Waals surface area contributed by atoms with Gasteiger partial charge in [0.05, 0.1) is 6.61 Å². The summed E-state index contributed by atoms with van der Waals surface area (Å²) in [6.07, 6.45) is -0.947. The van der Waals surface area contributed by atoms with Crippen molar-refractivity contribution < 1.29 is 32.6 Å². The van der Waals surface area contributed by atoms with E-state index in [1.165, 1.54) is 0 Å². The second-order valence-corrected chi connectivity index (χ2v) is 7.64. The van der Waals surface area contributed by atoms with Gasteiger partial charge in [-0.1, -0.05) is 60.3 Å². The summed E-state index contributed by atoms with van der Waals surface area (Å²) in [5.74, 6) is -1.90. The number of carboxylic acids is 1. The molecule has 2 N–H and O–H groups in total. The molecule has 1 atom stereocenters. The number of nitrogens with one attached hydrogen (secondary N) is 1. The normalized spacial score (nSPS) is 12.3. The first-order valence-corrected chi connectivity index (χ1v) is 10.2. The number of ether oxygens (including phenoxy) is 1. The second-order valence-electron chi connectivity index (χ2n) is 6.48. The van der Waals surface area contributed by atoms with E-state index in [9.17, 15) is 22.8 Å². The predicted octanol–water partition coefficient (Wildman–Crippen LogP) is 5.03.